The van der Waals surface area contributed by atoms with Crippen molar-refractivity contribution in [1.82, 2.24) is 10.2 Å². The number of nitro groups is 1. The van der Waals surface area contributed by atoms with Crippen LogP contribution >= 0.6 is 23.2 Å². The van der Waals surface area contributed by atoms with Gasteiger partial charge in [0.25, 0.3) is 15.7 Å². The zero-order chi connectivity index (χ0) is 31.2. The molecule has 1 atom stereocenters. The number of sulfonamides is 1. The van der Waals surface area contributed by atoms with Crippen molar-refractivity contribution in [2.24, 2.45) is 0 Å². The normalized spacial score (nSPS) is 12.3. The summed E-state index contributed by atoms with van der Waals surface area (Å²) in [5.41, 5.74) is -0.218. The molecule has 0 bridgehead atoms. The van der Waals surface area contributed by atoms with Gasteiger partial charge in [-0.05, 0) is 69.2 Å². The van der Waals surface area contributed by atoms with Gasteiger partial charge in [0.05, 0.1) is 25.6 Å². The molecule has 0 aliphatic heterocycles. The molecule has 0 aliphatic rings. The van der Waals surface area contributed by atoms with E-state index in [1.807, 2.05) is 20.8 Å². The molecule has 0 saturated heterocycles. The SMILES string of the molecule is CC[C@H](C(=O)NC(C)(C)C)N(Cc1ccc(Cl)c(Cl)c1)C(=O)CN(c1ccc([N+](=O)[O-])cc1)S(=O)(=O)c1ccccc1. The molecule has 3 aromatic carbocycles. The zero-order valence-corrected chi connectivity index (χ0v) is 25.9. The third kappa shape index (κ3) is 8.21. The Morgan fingerprint density at radius 2 is 1.60 bits per heavy atom. The summed E-state index contributed by atoms with van der Waals surface area (Å²) < 4.78 is 28.5. The molecule has 2 amide bonds. The zero-order valence-electron chi connectivity index (χ0n) is 23.6. The molecule has 0 unspecified atom stereocenters. The van der Waals surface area contributed by atoms with E-state index >= 15 is 0 Å². The van der Waals surface area contributed by atoms with Crippen molar-refractivity contribution >= 4 is 56.4 Å². The van der Waals surface area contributed by atoms with Crippen LogP contribution in [0.3, 0.4) is 0 Å². The van der Waals surface area contributed by atoms with Crippen LogP contribution in [0.4, 0.5) is 11.4 Å². The summed E-state index contributed by atoms with van der Waals surface area (Å²) in [5.74, 6) is -1.08. The fourth-order valence-corrected chi connectivity index (χ4v) is 5.95. The molecule has 0 heterocycles. The number of nitrogens with zero attached hydrogens (tertiary/aromatic N) is 3. The highest BCUT2D eigenvalue weighted by molar-refractivity contribution is 7.92. The minimum Gasteiger partial charge on any atom is -0.350 e. The van der Waals surface area contributed by atoms with Crippen LogP contribution in [-0.4, -0.2) is 48.2 Å². The lowest BCUT2D eigenvalue weighted by Gasteiger charge is -2.34. The van der Waals surface area contributed by atoms with Gasteiger partial charge in [0.15, 0.2) is 0 Å². The quantitative estimate of drug-likeness (QED) is 0.209. The van der Waals surface area contributed by atoms with E-state index in [0.29, 0.717) is 10.6 Å². The average molecular weight is 636 g/mol. The van der Waals surface area contributed by atoms with Gasteiger partial charge in [0.1, 0.15) is 12.6 Å². The average Bonchev–Trinajstić information content (AvgIpc) is 2.93. The lowest BCUT2D eigenvalue weighted by molar-refractivity contribution is -0.384. The van der Waals surface area contributed by atoms with Gasteiger partial charge in [0, 0.05) is 24.2 Å². The van der Waals surface area contributed by atoms with Crippen LogP contribution in [0.15, 0.2) is 77.7 Å². The standard InChI is InChI=1S/C29H32Cl2N4O6S/c1-5-26(28(37)32-29(2,3)4)33(18-20-11-16-24(30)25(31)17-20)27(36)19-34(21-12-14-22(15-13-21)35(38)39)42(40,41)23-9-7-6-8-10-23/h6-17,26H,5,18-19H2,1-4H3,(H,32,37)/t26-/m1/s1. The second-order valence-corrected chi connectivity index (χ2v) is 13.2. The molecule has 42 heavy (non-hydrogen) atoms. The van der Waals surface area contributed by atoms with E-state index in [1.165, 1.54) is 29.2 Å². The van der Waals surface area contributed by atoms with Crippen molar-refractivity contribution in [2.45, 2.75) is 57.1 Å². The van der Waals surface area contributed by atoms with E-state index in [1.54, 1.807) is 43.3 Å². The van der Waals surface area contributed by atoms with E-state index in [0.717, 1.165) is 16.4 Å². The van der Waals surface area contributed by atoms with Crippen molar-refractivity contribution in [3.63, 3.8) is 0 Å². The Labute approximate surface area is 255 Å². The van der Waals surface area contributed by atoms with Crippen molar-refractivity contribution in [2.75, 3.05) is 10.8 Å². The number of amides is 2. The third-order valence-electron chi connectivity index (χ3n) is 6.18. The summed E-state index contributed by atoms with van der Waals surface area (Å²) in [4.78, 5) is 39.3. The molecule has 0 aromatic heterocycles. The maximum absolute atomic E-state index is 14.1. The van der Waals surface area contributed by atoms with Gasteiger partial charge in [-0.25, -0.2) is 8.42 Å². The predicted molar refractivity (Wildman–Crippen MR) is 163 cm³/mol. The van der Waals surface area contributed by atoms with Crippen LogP contribution in [0, 0.1) is 10.1 Å². The second-order valence-electron chi connectivity index (χ2n) is 10.5. The Morgan fingerprint density at radius 1 is 0.976 bits per heavy atom. The molecule has 0 spiro atoms. The maximum Gasteiger partial charge on any atom is 0.269 e. The van der Waals surface area contributed by atoms with E-state index in [2.05, 4.69) is 5.32 Å². The minimum atomic E-state index is -4.31. The van der Waals surface area contributed by atoms with Gasteiger partial charge < -0.3 is 10.2 Å². The summed E-state index contributed by atoms with van der Waals surface area (Å²) >= 11 is 12.3. The van der Waals surface area contributed by atoms with Crippen LogP contribution in [0.25, 0.3) is 0 Å². The van der Waals surface area contributed by atoms with Gasteiger partial charge in [-0.15, -0.1) is 0 Å². The molecule has 0 aliphatic carbocycles. The molecule has 0 radical (unpaired) electrons. The number of anilines is 1. The highest BCUT2D eigenvalue weighted by Gasteiger charge is 2.34. The molecule has 1 N–H and O–H groups in total. The summed E-state index contributed by atoms with van der Waals surface area (Å²) in [7, 11) is -4.31. The molecule has 3 aromatic rings. The number of halogens is 2. The number of nitro benzene ring substituents is 1. The number of non-ortho nitro benzene ring substituents is 1. The van der Waals surface area contributed by atoms with Crippen molar-refractivity contribution < 1.29 is 22.9 Å². The molecule has 3 rings (SSSR count). The van der Waals surface area contributed by atoms with Gasteiger partial charge in [-0.2, -0.15) is 0 Å². The van der Waals surface area contributed by atoms with Gasteiger partial charge in [-0.3, -0.25) is 24.0 Å². The van der Waals surface area contributed by atoms with E-state index in [9.17, 15) is 28.1 Å². The van der Waals surface area contributed by atoms with E-state index < -0.39 is 44.9 Å². The molecule has 10 nitrogen and oxygen atoms in total. The molecule has 0 saturated carbocycles. The molecule has 0 fully saturated rings. The first-order valence-electron chi connectivity index (χ1n) is 13.0. The highest BCUT2D eigenvalue weighted by Crippen LogP contribution is 2.28. The van der Waals surface area contributed by atoms with Gasteiger partial charge in [0.2, 0.25) is 11.8 Å². The minimum absolute atomic E-state index is 0.0412. The maximum atomic E-state index is 14.1. The van der Waals surface area contributed by atoms with Crippen molar-refractivity contribution in [3.05, 3.63) is 98.5 Å². The fourth-order valence-electron chi connectivity index (χ4n) is 4.20. The van der Waals surface area contributed by atoms with Crippen molar-refractivity contribution in [3.8, 4) is 0 Å². The topological polar surface area (TPSA) is 130 Å². The largest absolute Gasteiger partial charge is 0.350 e. The second kappa shape index (κ2) is 13.5. The van der Waals surface area contributed by atoms with Crippen molar-refractivity contribution in [1.29, 1.82) is 0 Å². The predicted octanol–water partition coefficient (Wildman–Crippen LogP) is 5.82. The summed E-state index contributed by atoms with van der Waals surface area (Å²) in [6.07, 6.45) is 0.234. The van der Waals surface area contributed by atoms with Crippen LogP contribution in [0.2, 0.25) is 10.0 Å². The Bertz CT molecular complexity index is 1540. The summed E-state index contributed by atoms with van der Waals surface area (Å²) in [6.45, 7) is 6.43. The molecular formula is C29H32Cl2N4O6S. The molecule has 13 heteroatoms. The summed E-state index contributed by atoms with van der Waals surface area (Å²) in [6, 6.07) is 16.2. The van der Waals surface area contributed by atoms with Crippen LogP contribution < -0.4 is 9.62 Å². The third-order valence-corrected chi connectivity index (χ3v) is 8.71. The number of carbonyl (C=O) groups is 2. The number of carbonyl (C=O) groups excluding carboxylic acids is 2. The van der Waals surface area contributed by atoms with Gasteiger partial charge in [-0.1, -0.05) is 54.4 Å². The van der Waals surface area contributed by atoms with Gasteiger partial charge >= 0.3 is 0 Å². The highest BCUT2D eigenvalue weighted by atomic mass is 35.5. The monoisotopic (exact) mass is 634 g/mol. The Balaban J connectivity index is 2.09. The first-order valence-corrected chi connectivity index (χ1v) is 15.2. The molecular weight excluding hydrogens is 603 g/mol. The number of hydrogen-bond donors (Lipinski definition) is 1. The van der Waals surface area contributed by atoms with E-state index in [4.69, 9.17) is 23.2 Å². The number of nitrogens with one attached hydrogen (secondary N) is 1. The smallest absolute Gasteiger partial charge is 0.269 e. The first-order chi connectivity index (χ1) is 19.6. The van der Waals surface area contributed by atoms with Crippen LogP contribution in [0.1, 0.15) is 39.7 Å². The number of benzene rings is 3. The lowest BCUT2D eigenvalue weighted by Crippen LogP contribution is -2.55. The lowest BCUT2D eigenvalue weighted by atomic mass is 10.1. The van der Waals surface area contributed by atoms with E-state index in [-0.39, 0.29) is 34.3 Å². The first kappa shape index (κ1) is 32.8. The Hall–Kier alpha value is -3.67. The Kier molecular flexibility index (Phi) is 10.6. The number of rotatable bonds is 11. The Morgan fingerprint density at radius 3 is 2.12 bits per heavy atom. The van der Waals surface area contributed by atoms with Crippen LogP contribution in [-0.2, 0) is 26.2 Å². The fraction of sp³-hybridized carbons (Fsp3) is 0.310. The van der Waals surface area contributed by atoms with Crippen LogP contribution in [0.5, 0.6) is 0 Å². The number of hydrogen-bond acceptors (Lipinski definition) is 6. The molecule has 224 valence electrons. The summed E-state index contributed by atoms with van der Waals surface area (Å²) in [5, 5.41) is 14.7.